The molecule has 29 heavy (non-hydrogen) atoms. The van der Waals surface area contributed by atoms with E-state index in [9.17, 15) is 14.9 Å². The first kappa shape index (κ1) is 19.3. The van der Waals surface area contributed by atoms with E-state index in [0.29, 0.717) is 5.69 Å². The van der Waals surface area contributed by atoms with Gasteiger partial charge in [-0.2, -0.15) is 0 Å². The Morgan fingerprint density at radius 2 is 1.93 bits per heavy atom. The first-order valence-electron chi connectivity index (χ1n) is 9.41. The highest BCUT2D eigenvalue weighted by Crippen LogP contribution is 2.29. The largest absolute Gasteiger partial charge is 0.345 e. The van der Waals surface area contributed by atoms with Crippen LogP contribution in [0.25, 0.3) is 10.2 Å². The Balaban J connectivity index is 1.35. The third-order valence-electron chi connectivity index (χ3n) is 5.12. The number of nitrogens with zero attached hydrogens (tertiary/aromatic N) is 4. The quantitative estimate of drug-likeness (QED) is 0.511. The van der Waals surface area contributed by atoms with Crippen molar-refractivity contribution in [3.63, 3.8) is 0 Å². The molecule has 0 aliphatic carbocycles. The number of nitro benzene ring substituents is 1. The zero-order chi connectivity index (χ0) is 20.4. The van der Waals surface area contributed by atoms with E-state index >= 15 is 0 Å². The number of rotatable bonds is 5. The number of non-ortho nitro benzene ring substituents is 1. The van der Waals surface area contributed by atoms with Gasteiger partial charge in [-0.1, -0.05) is 29.5 Å². The normalized spacial score (nSPS) is 16.0. The van der Waals surface area contributed by atoms with E-state index in [1.54, 1.807) is 23.5 Å². The van der Waals surface area contributed by atoms with Gasteiger partial charge in [0, 0.05) is 44.0 Å². The van der Waals surface area contributed by atoms with Crippen LogP contribution in [0.15, 0.2) is 48.5 Å². The molecule has 0 unspecified atom stereocenters. The number of thiazole rings is 1. The molecule has 1 aromatic heterocycles. The number of anilines is 2. The molecule has 2 heterocycles. The lowest BCUT2D eigenvalue weighted by Crippen LogP contribution is -2.52. The first-order chi connectivity index (χ1) is 14.0. The molecule has 1 N–H and O–H groups in total. The van der Waals surface area contributed by atoms with Crippen LogP contribution in [0.4, 0.5) is 16.5 Å². The Labute approximate surface area is 171 Å². The summed E-state index contributed by atoms with van der Waals surface area (Å²) in [6.45, 7) is 4.96. The lowest BCUT2D eigenvalue weighted by Gasteiger charge is -2.37. The van der Waals surface area contributed by atoms with Crippen molar-refractivity contribution < 1.29 is 9.72 Å². The number of hydrogen-bond donors (Lipinski definition) is 1. The summed E-state index contributed by atoms with van der Waals surface area (Å²) in [7, 11) is 0. The summed E-state index contributed by atoms with van der Waals surface area (Å²) >= 11 is 1.69. The summed E-state index contributed by atoms with van der Waals surface area (Å²) in [5.74, 6) is -0.168. The topological polar surface area (TPSA) is 91.6 Å². The second-order valence-corrected chi connectivity index (χ2v) is 7.97. The molecule has 0 bridgehead atoms. The zero-order valence-corrected chi connectivity index (χ0v) is 16.8. The third kappa shape index (κ3) is 4.20. The molecule has 8 nitrogen and oxygen atoms in total. The molecule has 1 aliphatic rings. The number of benzene rings is 2. The monoisotopic (exact) mass is 411 g/mol. The lowest BCUT2D eigenvalue weighted by atomic mass is 10.2. The number of fused-ring (bicyclic) bond motifs is 1. The molecule has 0 spiro atoms. The van der Waals surface area contributed by atoms with Crippen molar-refractivity contribution in [1.29, 1.82) is 0 Å². The van der Waals surface area contributed by atoms with Crippen LogP contribution in [0.3, 0.4) is 0 Å². The van der Waals surface area contributed by atoms with Gasteiger partial charge in [-0.3, -0.25) is 19.8 Å². The van der Waals surface area contributed by atoms with Gasteiger partial charge in [-0.15, -0.1) is 0 Å². The van der Waals surface area contributed by atoms with Crippen molar-refractivity contribution in [2.75, 3.05) is 36.4 Å². The second-order valence-electron chi connectivity index (χ2n) is 6.96. The van der Waals surface area contributed by atoms with Gasteiger partial charge in [-0.05, 0) is 25.1 Å². The molecule has 3 aromatic rings. The summed E-state index contributed by atoms with van der Waals surface area (Å²) in [6.07, 6.45) is 0. The van der Waals surface area contributed by atoms with Crippen LogP contribution in [0, 0.1) is 10.1 Å². The van der Waals surface area contributed by atoms with Crippen LogP contribution < -0.4 is 10.2 Å². The van der Waals surface area contributed by atoms with E-state index in [-0.39, 0.29) is 17.6 Å². The number of amides is 1. The van der Waals surface area contributed by atoms with E-state index in [2.05, 4.69) is 21.2 Å². The number of carbonyl (C=O) groups is 1. The zero-order valence-electron chi connectivity index (χ0n) is 15.9. The standard InChI is InChI=1S/C20H21N5O3S/c1-14(19(26)21-15-5-4-6-16(13-15)25(27)28)23-9-11-24(12-10-23)20-22-17-7-2-3-8-18(17)29-20/h2-8,13-14H,9-12H2,1H3,(H,21,26)/t14-/m0/s1. The molecule has 1 fully saturated rings. The second kappa shape index (κ2) is 8.14. The molecule has 2 aromatic carbocycles. The van der Waals surface area contributed by atoms with Crippen LogP contribution in [-0.2, 0) is 4.79 Å². The molecule has 0 saturated carbocycles. The predicted molar refractivity (Wildman–Crippen MR) is 115 cm³/mol. The van der Waals surface area contributed by atoms with Crippen molar-refractivity contribution >= 4 is 44.0 Å². The highest BCUT2D eigenvalue weighted by atomic mass is 32.1. The van der Waals surface area contributed by atoms with Gasteiger partial charge in [-0.25, -0.2) is 4.98 Å². The van der Waals surface area contributed by atoms with E-state index in [0.717, 1.165) is 36.8 Å². The lowest BCUT2D eigenvalue weighted by molar-refractivity contribution is -0.384. The summed E-state index contributed by atoms with van der Waals surface area (Å²) in [5, 5.41) is 14.7. The molecule has 9 heteroatoms. The Morgan fingerprint density at radius 1 is 1.17 bits per heavy atom. The molecular formula is C20H21N5O3S. The highest BCUT2D eigenvalue weighted by Gasteiger charge is 2.27. The highest BCUT2D eigenvalue weighted by molar-refractivity contribution is 7.22. The maximum Gasteiger partial charge on any atom is 0.271 e. The fourth-order valence-electron chi connectivity index (χ4n) is 3.41. The molecule has 1 saturated heterocycles. The van der Waals surface area contributed by atoms with Crippen molar-refractivity contribution in [2.24, 2.45) is 0 Å². The van der Waals surface area contributed by atoms with Crippen molar-refractivity contribution in [3.8, 4) is 0 Å². The van der Waals surface area contributed by atoms with E-state index in [4.69, 9.17) is 4.98 Å². The van der Waals surface area contributed by atoms with Gasteiger partial charge in [0.05, 0.1) is 21.2 Å². The van der Waals surface area contributed by atoms with Crippen LogP contribution >= 0.6 is 11.3 Å². The SMILES string of the molecule is C[C@@H](C(=O)Nc1cccc([N+](=O)[O-])c1)N1CCN(c2nc3ccccc3s2)CC1. The molecule has 0 radical (unpaired) electrons. The van der Waals surface area contributed by atoms with Crippen LogP contribution in [-0.4, -0.2) is 52.9 Å². The van der Waals surface area contributed by atoms with Crippen molar-refractivity contribution in [2.45, 2.75) is 13.0 Å². The summed E-state index contributed by atoms with van der Waals surface area (Å²) in [4.78, 5) is 32.1. The molecule has 1 amide bonds. The van der Waals surface area contributed by atoms with Gasteiger partial charge >= 0.3 is 0 Å². The minimum absolute atomic E-state index is 0.0418. The summed E-state index contributed by atoms with van der Waals surface area (Å²) in [5.41, 5.74) is 1.41. The Kier molecular flexibility index (Phi) is 5.41. The van der Waals surface area contributed by atoms with Gasteiger partial charge < -0.3 is 10.2 Å². The molecule has 150 valence electrons. The van der Waals surface area contributed by atoms with Crippen LogP contribution in [0.2, 0.25) is 0 Å². The van der Waals surface area contributed by atoms with Gasteiger partial charge in [0.1, 0.15) is 0 Å². The number of hydrogen-bond acceptors (Lipinski definition) is 7. The fourth-order valence-corrected chi connectivity index (χ4v) is 4.42. The van der Waals surface area contributed by atoms with Gasteiger partial charge in [0.15, 0.2) is 5.13 Å². The van der Waals surface area contributed by atoms with Crippen molar-refractivity contribution in [3.05, 3.63) is 58.6 Å². The van der Waals surface area contributed by atoms with Crippen molar-refractivity contribution in [1.82, 2.24) is 9.88 Å². The van der Waals surface area contributed by atoms with E-state index < -0.39 is 4.92 Å². The molecule has 1 atom stereocenters. The van der Waals surface area contributed by atoms with E-state index in [1.165, 1.54) is 16.8 Å². The van der Waals surface area contributed by atoms with E-state index in [1.807, 2.05) is 25.1 Å². The van der Waals surface area contributed by atoms with Crippen LogP contribution in [0.5, 0.6) is 0 Å². The molecule has 1 aliphatic heterocycles. The van der Waals surface area contributed by atoms with Crippen LogP contribution in [0.1, 0.15) is 6.92 Å². The number of nitrogens with one attached hydrogen (secondary N) is 1. The maximum atomic E-state index is 12.6. The number of piperazine rings is 1. The Morgan fingerprint density at radius 3 is 2.66 bits per heavy atom. The average molecular weight is 411 g/mol. The number of para-hydroxylation sites is 1. The Bertz CT molecular complexity index is 1010. The first-order valence-corrected chi connectivity index (χ1v) is 10.2. The third-order valence-corrected chi connectivity index (χ3v) is 6.22. The molecule has 4 rings (SSSR count). The Hall–Kier alpha value is -3.04. The predicted octanol–water partition coefficient (Wildman–Crippen LogP) is 3.35. The van der Waals surface area contributed by atoms with Gasteiger partial charge in [0.25, 0.3) is 5.69 Å². The number of nitro groups is 1. The smallest absolute Gasteiger partial charge is 0.271 e. The van der Waals surface area contributed by atoms with Gasteiger partial charge in [0.2, 0.25) is 5.91 Å². The number of carbonyl (C=O) groups excluding carboxylic acids is 1. The molecular weight excluding hydrogens is 390 g/mol. The minimum atomic E-state index is -0.472. The minimum Gasteiger partial charge on any atom is -0.345 e. The fraction of sp³-hybridized carbons (Fsp3) is 0.300. The number of aromatic nitrogens is 1. The summed E-state index contributed by atoms with van der Waals surface area (Å²) in [6, 6.07) is 13.8. The average Bonchev–Trinajstić information content (AvgIpc) is 3.18. The summed E-state index contributed by atoms with van der Waals surface area (Å²) < 4.78 is 1.18. The maximum absolute atomic E-state index is 12.6.